The van der Waals surface area contributed by atoms with Crippen molar-refractivity contribution in [3.63, 3.8) is 0 Å². The van der Waals surface area contributed by atoms with Crippen LogP contribution in [0.4, 0.5) is 0 Å². The van der Waals surface area contributed by atoms with E-state index in [1.807, 2.05) is 0 Å². The summed E-state index contributed by atoms with van der Waals surface area (Å²) in [5.41, 5.74) is 13.4. The van der Waals surface area contributed by atoms with E-state index in [9.17, 15) is 0 Å². The van der Waals surface area contributed by atoms with Crippen LogP contribution in [0.5, 0.6) is 0 Å². The fourth-order valence-corrected chi connectivity index (χ4v) is 5.61. The average Bonchev–Trinajstić information content (AvgIpc) is 2.98. The number of aromatic nitrogens is 4. The molecule has 0 radical (unpaired) electrons. The number of hydrogen-bond acceptors (Lipinski definition) is 4. The summed E-state index contributed by atoms with van der Waals surface area (Å²) in [6.07, 6.45) is 4.93. The van der Waals surface area contributed by atoms with Gasteiger partial charge in [0.2, 0.25) is 0 Å². The minimum Gasteiger partial charge on any atom is -0.257 e. The number of nitrogens with zero attached hydrogens (tertiary/aromatic N) is 4. The van der Waals surface area contributed by atoms with E-state index in [-0.39, 0.29) is 19.5 Å². The fourth-order valence-electron chi connectivity index (χ4n) is 5.61. The summed E-state index contributed by atoms with van der Waals surface area (Å²) in [5.74, 6) is 0. The first kappa shape index (κ1) is 28.8. The second-order valence-corrected chi connectivity index (χ2v) is 10.9. The van der Waals surface area contributed by atoms with Crippen LogP contribution in [0.25, 0.3) is 0 Å². The van der Waals surface area contributed by atoms with E-state index < -0.39 is 0 Å². The summed E-state index contributed by atoms with van der Waals surface area (Å²) in [5, 5.41) is 0. The summed E-state index contributed by atoms with van der Waals surface area (Å²) in [7, 11) is 0. The SMILES string of the molecule is [Ru+2].[c-]1c2cccc1Cc1cccc(n1)Cc1[c-]c(ccc1)C2.c1cc2nc(c1)Cc1cccc(n1)Cc1cccc(n1)C2. The predicted molar refractivity (Wildman–Crippen MR) is 164 cm³/mol. The molecule has 6 aromatic rings. The van der Waals surface area contributed by atoms with E-state index in [4.69, 9.17) is 19.9 Å². The quantitative estimate of drug-likeness (QED) is 0.136. The molecule has 0 N–H and O–H groups in total. The Morgan fingerprint density at radius 1 is 0.302 bits per heavy atom. The second kappa shape index (κ2) is 13.3. The van der Waals surface area contributed by atoms with Crippen LogP contribution in [0.15, 0.2) is 109 Å². The molecule has 2 aliphatic heterocycles. The zero-order valence-corrected chi connectivity index (χ0v) is 25.5. The number of pyridine rings is 4. The number of fused-ring (bicyclic) bond motifs is 12. The number of hydrogen-bond donors (Lipinski definition) is 0. The first-order valence-electron chi connectivity index (χ1n) is 14.5. The van der Waals surface area contributed by atoms with E-state index in [0.717, 1.165) is 84.1 Å². The van der Waals surface area contributed by atoms with Crippen molar-refractivity contribution in [2.45, 2.75) is 38.5 Å². The Bertz CT molecular complexity index is 1410. The third-order valence-electron chi connectivity index (χ3n) is 7.50. The zero-order chi connectivity index (χ0) is 28.1. The maximum Gasteiger partial charge on any atom is 2.00 e. The molecule has 0 spiro atoms. The molecule has 210 valence electrons. The van der Waals surface area contributed by atoms with Gasteiger partial charge in [0.05, 0.1) is 0 Å². The summed E-state index contributed by atoms with van der Waals surface area (Å²) in [6.45, 7) is 0. The van der Waals surface area contributed by atoms with Gasteiger partial charge in [-0.1, -0.05) is 24.3 Å². The second-order valence-electron chi connectivity index (χ2n) is 10.9. The molecular weight excluding hydrogens is 614 g/mol. The number of benzene rings is 2. The van der Waals surface area contributed by atoms with Crippen molar-refractivity contribution in [3.05, 3.63) is 189 Å². The van der Waals surface area contributed by atoms with Gasteiger partial charge >= 0.3 is 19.5 Å². The Morgan fingerprint density at radius 3 is 0.837 bits per heavy atom. The third-order valence-corrected chi connectivity index (χ3v) is 7.50. The van der Waals surface area contributed by atoms with Gasteiger partial charge in [0.15, 0.2) is 0 Å². The molecule has 2 aliphatic rings. The predicted octanol–water partition coefficient (Wildman–Crippen LogP) is 6.72. The Hall–Kier alpha value is -4.34. The van der Waals surface area contributed by atoms with Gasteiger partial charge in [-0.05, 0) is 67.8 Å². The maximum atomic E-state index is 4.77. The molecule has 12 bridgehead atoms. The van der Waals surface area contributed by atoms with E-state index in [0.29, 0.717) is 0 Å². The summed E-state index contributed by atoms with van der Waals surface area (Å²) >= 11 is 0. The maximum absolute atomic E-state index is 4.77. The molecule has 8 rings (SSSR count). The van der Waals surface area contributed by atoms with Crippen molar-refractivity contribution in [1.29, 1.82) is 0 Å². The van der Waals surface area contributed by atoms with Gasteiger partial charge in [0.1, 0.15) is 0 Å². The third kappa shape index (κ3) is 7.55. The molecule has 0 atom stereocenters. The molecule has 43 heavy (non-hydrogen) atoms. The molecule has 4 aromatic heterocycles. The first-order valence-corrected chi connectivity index (χ1v) is 14.5. The van der Waals surface area contributed by atoms with Crippen LogP contribution in [-0.2, 0) is 58.0 Å². The molecule has 0 saturated heterocycles. The molecular formula is C38H30N4Ru. The molecule has 6 heterocycles. The van der Waals surface area contributed by atoms with Gasteiger partial charge in [-0.2, -0.15) is 70.8 Å². The van der Waals surface area contributed by atoms with Gasteiger partial charge in [0, 0.05) is 64.8 Å². The summed E-state index contributed by atoms with van der Waals surface area (Å²) < 4.78 is 0. The Labute approximate surface area is 266 Å². The Kier molecular flexibility index (Phi) is 8.91. The fraction of sp³-hybridized carbons (Fsp3) is 0.158. The van der Waals surface area contributed by atoms with Crippen molar-refractivity contribution < 1.29 is 19.5 Å². The van der Waals surface area contributed by atoms with Crippen LogP contribution in [0.1, 0.15) is 67.8 Å². The minimum atomic E-state index is 0. The molecule has 0 unspecified atom stereocenters. The molecule has 4 nitrogen and oxygen atoms in total. The van der Waals surface area contributed by atoms with Gasteiger partial charge in [0.25, 0.3) is 0 Å². The van der Waals surface area contributed by atoms with Crippen LogP contribution in [-0.4, -0.2) is 19.9 Å². The monoisotopic (exact) mass is 644 g/mol. The minimum absolute atomic E-state index is 0. The Balaban J connectivity index is 0.000000150. The average molecular weight is 644 g/mol. The van der Waals surface area contributed by atoms with Crippen LogP contribution >= 0.6 is 0 Å². The normalized spacial score (nSPS) is 12.8. The van der Waals surface area contributed by atoms with E-state index in [1.54, 1.807) is 0 Å². The summed E-state index contributed by atoms with van der Waals surface area (Å²) in [4.78, 5) is 19.0. The van der Waals surface area contributed by atoms with E-state index in [1.165, 1.54) is 22.3 Å². The van der Waals surface area contributed by atoms with Crippen LogP contribution in [0.2, 0.25) is 0 Å². The molecule has 0 amide bonds. The van der Waals surface area contributed by atoms with Crippen LogP contribution in [0, 0.1) is 12.1 Å². The van der Waals surface area contributed by atoms with Gasteiger partial charge < -0.3 is 0 Å². The summed E-state index contributed by atoms with van der Waals surface area (Å²) in [6, 6.07) is 44.7. The first-order chi connectivity index (χ1) is 20.7. The van der Waals surface area contributed by atoms with Crippen molar-refractivity contribution in [2.24, 2.45) is 0 Å². The standard InChI is InChI=1S/C20H15N.C18H15N3.Ru/c1-4-15-10-16-5-2-7-18(12-16)14-20-9-3-8-19(21-20)13-17(6-1)11-15;1-4-13-10-15-6-2-8-17(20-15)12-18-9-3-7-16(21-18)11-14(5-1)19-13;/h1-9H,10,13-14H2;1-9H,10-12H2;/q-2;;+2. The Morgan fingerprint density at radius 2 is 0.535 bits per heavy atom. The largest absolute Gasteiger partial charge is 2.00 e. The number of rotatable bonds is 0. The smallest absolute Gasteiger partial charge is 0.257 e. The van der Waals surface area contributed by atoms with E-state index >= 15 is 0 Å². The zero-order valence-electron chi connectivity index (χ0n) is 23.8. The van der Waals surface area contributed by atoms with Gasteiger partial charge in [-0.15, -0.1) is 0 Å². The molecule has 0 fully saturated rings. The van der Waals surface area contributed by atoms with E-state index in [2.05, 4.69) is 121 Å². The van der Waals surface area contributed by atoms with Gasteiger partial charge in [-0.25, -0.2) is 0 Å². The van der Waals surface area contributed by atoms with Crippen LogP contribution < -0.4 is 0 Å². The molecule has 0 aliphatic carbocycles. The molecule has 0 saturated carbocycles. The molecule has 5 heteroatoms. The van der Waals surface area contributed by atoms with Crippen molar-refractivity contribution in [1.82, 2.24) is 19.9 Å². The van der Waals surface area contributed by atoms with Crippen molar-refractivity contribution in [3.8, 4) is 0 Å². The van der Waals surface area contributed by atoms with Crippen molar-refractivity contribution in [2.75, 3.05) is 0 Å². The topological polar surface area (TPSA) is 51.6 Å². The van der Waals surface area contributed by atoms with Gasteiger partial charge in [-0.3, -0.25) is 19.9 Å². The van der Waals surface area contributed by atoms with Crippen molar-refractivity contribution >= 4 is 0 Å². The van der Waals surface area contributed by atoms with Crippen LogP contribution in [0.3, 0.4) is 0 Å². The molecule has 2 aromatic carbocycles.